The van der Waals surface area contributed by atoms with E-state index in [0.717, 1.165) is 18.0 Å². The van der Waals surface area contributed by atoms with Crippen molar-refractivity contribution >= 4 is 17.6 Å². The largest absolute Gasteiger partial charge is 0.468 e. The van der Waals surface area contributed by atoms with Crippen LogP contribution in [0.3, 0.4) is 0 Å². The SMILES string of the molecule is COC(=O)C1(C)CC(c2ccc(Cl)cc2)CN1. The third kappa shape index (κ3) is 2.45. The molecule has 1 aromatic carbocycles. The molecule has 2 rings (SSSR count). The van der Waals surface area contributed by atoms with E-state index in [2.05, 4.69) is 5.32 Å². The van der Waals surface area contributed by atoms with Crippen molar-refractivity contribution in [3.63, 3.8) is 0 Å². The molecule has 2 unspecified atom stereocenters. The van der Waals surface area contributed by atoms with E-state index in [1.807, 2.05) is 31.2 Å². The molecule has 1 N–H and O–H groups in total. The summed E-state index contributed by atoms with van der Waals surface area (Å²) < 4.78 is 4.82. The van der Waals surface area contributed by atoms with Crippen LogP contribution >= 0.6 is 11.6 Å². The van der Waals surface area contributed by atoms with E-state index < -0.39 is 5.54 Å². The lowest BCUT2D eigenvalue weighted by molar-refractivity contribution is -0.147. The summed E-state index contributed by atoms with van der Waals surface area (Å²) in [6, 6.07) is 7.78. The van der Waals surface area contributed by atoms with Crippen molar-refractivity contribution in [2.45, 2.75) is 24.8 Å². The lowest BCUT2D eigenvalue weighted by atomic mass is 9.90. The molecule has 1 heterocycles. The Morgan fingerprint density at radius 2 is 2.12 bits per heavy atom. The van der Waals surface area contributed by atoms with Crippen LogP contribution in [0.25, 0.3) is 0 Å². The Morgan fingerprint density at radius 1 is 1.47 bits per heavy atom. The van der Waals surface area contributed by atoms with Crippen LogP contribution in [0, 0.1) is 0 Å². The predicted molar refractivity (Wildman–Crippen MR) is 67.2 cm³/mol. The second-order valence-electron chi connectivity index (χ2n) is 4.66. The number of methoxy groups -OCH3 is 1. The zero-order valence-corrected chi connectivity index (χ0v) is 10.8. The van der Waals surface area contributed by atoms with Gasteiger partial charge in [-0.25, -0.2) is 0 Å². The van der Waals surface area contributed by atoms with Crippen LogP contribution in [-0.4, -0.2) is 25.2 Å². The first-order valence-corrected chi connectivity index (χ1v) is 6.02. The van der Waals surface area contributed by atoms with E-state index in [1.54, 1.807) is 0 Å². The van der Waals surface area contributed by atoms with Gasteiger partial charge in [0.15, 0.2) is 0 Å². The van der Waals surface area contributed by atoms with Gasteiger partial charge >= 0.3 is 5.97 Å². The second-order valence-corrected chi connectivity index (χ2v) is 5.09. The molecule has 17 heavy (non-hydrogen) atoms. The average molecular weight is 254 g/mol. The van der Waals surface area contributed by atoms with Crippen molar-refractivity contribution in [2.24, 2.45) is 0 Å². The Labute approximate surface area is 106 Å². The van der Waals surface area contributed by atoms with Gasteiger partial charge in [-0.3, -0.25) is 4.79 Å². The van der Waals surface area contributed by atoms with Gasteiger partial charge in [-0.1, -0.05) is 23.7 Å². The van der Waals surface area contributed by atoms with E-state index in [9.17, 15) is 4.79 Å². The molecule has 2 atom stereocenters. The first-order valence-electron chi connectivity index (χ1n) is 5.64. The van der Waals surface area contributed by atoms with Crippen LogP contribution in [0.4, 0.5) is 0 Å². The first kappa shape index (κ1) is 12.4. The van der Waals surface area contributed by atoms with E-state index >= 15 is 0 Å². The Hall–Kier alpha value is -1.06. The topological polar surface area (TPSA) is 38.3 Å². The molecule has 0 radical (unpaired) electrons. The van der Waals surface area contributed by atoms with Crippen molar-refractivity contribution in [3.05, 3.63) is 34.9 Å². The summed E-state index contributed by atoms with van der Waals surface area (Å²) in [4.78, 5) is 11.7. The van der Waals surface area contributed by atoms with Crippen molar-refractivity contribution in [2.75, 3.05) is 13.7 Å². The van der Waals surface area contributed by atoms with Gasteiger partial charge in [0.25, 0.3) is 0 Å². The minimum atomic E-state index is -0.570. The molecule has 0 aliphatic carbocycles. The summed E-state index contributed by atoms with van der Waals surface area (Å²) in [6.45, 7) is 2.67. The molecule has 1 aliphatic heterocycles. The molecule has 1 aliphatic rings. The van der Waals surface area contributed by atoms with E-state index in [0.29, 0.717) is 5.92 Å². The lowest BCUT2D eigenvalue weighted by Crippen LogP contribution is -2.45. The molecular formula is C13H16ClNO2. The summed E-state index contributed by atoms with van der Waals surface area (Å²) in [5, 5.41) is 3.97. The number of rotatable bonds is 2. The Balaban J connectivity index is 2.12. The van der Waals surface area contributed by atoms with Crippen molar-refractivity contribution in [1.82, 2.24) is 5.32 Å². The zero-order chi connectivity index (χ0) is 12.5. The van der Waals surface area contributed by atoms with Crippen LogP contribution in [0.5, 0.6) is 0 Å². The predicted octanol–water partition coefficient (Wildman–Crippen LogP) is 2.35. The quantitative estimate of drug-likeness (QED) is 0.823. The van der Waals surface area contributed by atoms with Crippen LogP contribution in [0.1, 0.15) is 24.8 Å². The summed E-state index contributed by atoms with van der Waals surface area (Å²) in [7, 11) is 1.42. The van der Waals surface area contributed by atoms with Gasteiger partial charge < -0.3 is 10.1 Å². The summed E-state index contributed by atoms with van der Waals surface area (Å²) in [5.41, 5.74) is 0.633. The average Bonchev–Trinajstić information content (AvgIpc) is 2.73. The summed E-state index contributed by atoms with van der Waals surface area (Å²) in [6.07, 6.45) is 0.751. The van der Waals surface area contributed by atoms with Gasteiger partial charge in [-0.2, -0.15) is 0 Å². The fourth-order valence-corrected chi connectivity index (χ4v) is 2.46. The highest BCUT2D eigenvalue weighted by Crippen LogP contribution is 2.32. The summed E-state index contributed by atoms with van der Waals surface area (Å²) >= 11 is 5.86. The number of nitrogens with one attached hydrogen (secondary N) is 1. The van der Waals surface area contributed by atoms with Crippen LogP contribution in [-0.2, 0) is 9.53 Å². The highest BCUT2D eigenvalue weighted by molar-refractivity contribution is 6.30. The number of ether oxygens (including phenoxy) is 1. The number of carbonyl (C=O) groups excluding carboxylic acids is 1. The second kappa shape index (κ2) is 4.67. The van der Waals surface area contributed by atoms with Gasteiger partial charge in [0.2, 0.25) is 0 Å². The minimum absolute atomic E-state index is 0.200. The Bertz CT molecular complexity index is 418. The molecule has 1 saturated heterocycles. The maximum Gasteiger partial charge on any atom is 0.325 e. The zero-order valence-electron chi connectivity index (χ0n) is 10.00. The van der Waals surface area contributed by atoms with E-state index in [-0.39, 0.29) is 5.97 Å². The molecular weight excluding hydrogens is 238 g/mol. The standard InChI is InChI=1S/C13H16ClNO2/c1-13(12(16)17-2)7-10(8-15-13)9-3-5-11(14)6-4-9/h3-6,10,15H,7-8H2,1-2H3. The number of esters is 1. The van der Waals surface area contributed by atoms with Gasteiger partial charge in [-0.05, 0) is 37.0 Å². The van der Waals surface area contributed by atoms with Gasteiger partial charge in [0, 0.05) is 11.6 Å². The maximum absolute atomic E-state index is 11.7. The molecule has 1 aromatic rings. The monoisotopic (exact) mass is 253 g/mol. The fourth-order valence-electron chi connectivity index (χ4n) is 2.34. The molecule has 4 heteroatoms. The van der Waals surface area contributed by atoms with Crippen molar-refractivity contribution in [1.29, 1.82) is 0 Å². The number of benzene rings is 1. The normalized spacial score (nSPS) is 28.1. The van der Waals surface area contributed by atoms with Crippen LogP contribution in [0.15, 0.2) is 24.3 Å². The molecule has 92 valence electrons. The molecule has 0 saturated carbocycles. The molecule has 0 amide bonds. The lowest BCUT2D eigenvalue weighted by Gasteiger charge is -2.20. The Morgan fingerprint density at radius 3 is 2.71 bits per heavy atom. The smallest absolute Gasteiger partial charge is 0.325 e. The number of hydrogen-bond donors (Lipinski definition) is 1. The third-order valence-corrected chi connectivity index (χ3v) is 3.62. The molecule has 1 fully saturated rings. The maximum atomic E-state index is 11.7. The molecule has 0 spiro atoms. The third-order valence-electron chi connectivity index (χ3n) is 3.37. The molecule has 0 bridgehead atoms. The first-order chi connectivity index (χ1) is 8.05. The van der Waals surface area contributed by atoms with Crippen LogP contribution in [0.2, 0.25) is 5.02 Å². The van der Waals surface area contributed by atoms with Crippen molar-refractivity contribution < 1.29 is 9.53 Å². The van der Waals surface area contributed by atoms with Gasteiger partial charge in [0.1, 0.15) is 5.54 Å². The highest BCUT2D eigenvalue weighted by atomic mass is 35.5. The minimum Gasteiger partial charge on any atom is -0.468 e. The van der Waals surface area contributed by atoms with Gasteiger partial charge in [-0.15, -0.1) is 0 Å². The molecule has 0 aromatic heterocycles. The van der Waals surface area contributed by atoms with Crippen molar-refractivity contribution in [3.8, 4) is 0 Å². The number of hydrogen-bond acceptors (Lipinski definition) is 3. The summed E-state index contributed by atoms with van der Waals surface area (Å²) in [5.74, 6) is 0.130. The molecule has 3 nitrogen and oxygen atoms in total. The van der Waals surface area contributed by atoms with E-state index in [1.165, 1.54) is 12.7 Å². The number of carbonyl (C=O) groups is 1. The highest BCUT2D eigenvalue weighted by Gasteiger charge is 2.42. The Kier molecular flexibility index (Phi) is 3.40. The van der Waals surface area contributed by atoms with E-state index in [4.69, 9.17) is 16.3 Å². The van der Waals surface area contributed by atoms with Crippen LogP contribution < -0.4 is 5.32 Å². The number of halogens is 1. The fraction of sp³-hybridized carbons (Fsp3) is 0.462. The van der Waals surface area contributed by atoms with Gasteiger partial charge in [0.05, 0.1) is 7.11 Å².